The molecular formula is C22H18N4O4. The van der Waals surface area contributed by atoms with Crippen molar-refractivity contribution in [3.8, 4) is 17.6 Å². The van der Waals surface area contributed by atoms with E-state index in [4.69, 9.17) is 10.00 Å². The molecule has 3 aromatic carbocycles. The van der Waals surface area contributed by atoms with E-state index in [0.717, 1.165) is 0 Å². The number of nitro benzene ring substituents is 1. The van der Waals surface area contributed by atoms with Crippen LogP contribution in [0.4, 0.5) is 17.1 Å². The molecule has 0 saturated heterocycles. The third kappa shape index (κ3) is 5.33. The first kappa shape index (κ1) is 20.4. The third-order valence-corrected chi connectivity index (χ3v) is 4.17. The van der Waals surface area contributed by atoms with Gasteiger partial charge in [0.1, 0.15) is 17.5 Å². The lowest BCUT2D eigenvalue weighted by Crippen LogP contribution is -2.31. The van der Waals surface area contributed by atoms with Crippen molar-refractivity contribution in [3.05, 3.63) is 88.5 Å². The number of anilines is 2. The zero-order valence-electron chi connectivity index (χ0n) is 16.0. The molecule has 150 valence electrons. The molecule has 1 atom stereocenters. The number of rotatable bonds is 7. The maximum atomic E-state index is 12.4. The normalized spacial score (nSPS) is 11.1. The molecule has 1 unspecified atom stereocenters. The first-order valence-corrected chi connectivity index (χ1v) is 9.04. The average Bonchev–Trinajstić information content (AvgIpc) is 2.75. The molecule has 0 aliphatic rings. The number of carbonyl (C=O) groups is 1. The van der Waals surface area contributed by atoms with Crippen molar-refractivity contribution in [2.75, 3.05) is 10.6 Å². The van der Waals surface area contributed by atoms with Gasteiger partial charge in [-0.15, -0.1) is 0 Å². The van der Waals surface area contributed by atoms with Crippen LogP contribution in [0.3, 0.4) is 0 Å². The van der Waals surface area contributed by atoms with Gasteiger partial charge in [-0.1, -0.05) is 6.07 Å². The zero-order chi connectivity index (χ0) is 21.5. The third-order valence-electron chi connectivity index (χ3n) is 4.17. The molecule has 0 fully saturated rings. The molecule has 0 heterocycles. The molecule has 0 aliphatic carbocycles. The predicted octanol–water partition coefficient (Wildman–Crippen LogP) is 4.70. The number of nitrogens with one attached hydrogen (secondary N) is 2. The second-order valence-electron chi connectivity index (χ2n) is 6.43. The second-order valence-corrected chi connectivity index (χ2v) is 6.43. The lowest BCUT2D eigenvalue weighted by molar-refractivity contribution is -0.384. The van der Waals surface area contributed by atoms with Gasteiger partial charge < -0.3 is 15.4 Å². The lowest BCUT2D eigenvalue weighted by atomic mass is 10.2. The van der Waals surface area contributed by atoms with Gasteiger partial charge in [-0.3, -0.25) is 14.9 Å². The number of nitriles is 1. The Morgan fingerprint density at radius 2 is 1.67 bits per heavy atom. The maximum Gasteiger partial charge on any atom is 0.271 e. The first-order chi connectivity index (χ1) is 14.4. The summed E-state index contributed by atoms with van der Waals surface area (Å²) in [6, 6.07) is 21.1. The lowest BCUT2D eigenvalue weighted by Gasteiger charge is -2.15. The van der Waals surface area contributed by atoms with E-state index in [-0.39, 0.29) is 11.6 Å². The maximum absolute atomic E-state index is 12.4. The van der Waals surface area contributed by atoms with Crippen molar-refractivity contribution in [1.29, 1.82) is 5.26 Å². The van der Waals surface area contributed by atoms with Crippen LogP contribution in [0.25, 0.3) is 0 Å². The molecule has 0 aromatic heterocycles. The molecule has 3 aromatic rings. The van der Waals surface area contributed by atoms with Crippen LogP contribution in [-0.2, 0) is 4.79 Å². The highest BCUT2D eigenvalue weighted by Gasteiger charge is 2.14. The highest BCUT2D eigenvalue weighted by Crippen LogP contribution is 2.24. The summed E-state index contributed by atoms with van der Waals surface area (Å²) in [7, 11) is 0. The monoisotopic (exact) mass is 402 g/mol. The molecule has 8 heteroatoms. The summed E-state index contributed by atoms with van der Waals surface area (Å²) in [5.74, 6) is 0.895. The van der Waals surface area contributed by atoms with E-state index >= 15 is 0 Å². The molecule has 0 saturated carbocycles. The van der Waals surface area contributed by atoms with Crippen molar-refractivity contribution in [1.82, 2.24) is 0 Å². The van der Waals surface area contributed by atoms with E-state index in [2.05, 4.69) is 10.6 Å². The Kier molecular flexibility index (Phi) is 6.25. The van der Waals surface area contributed by atoms with Gasteiger partial charge in [0.2, 0.25) is 5.91 Å². The second kappa shape index (κ2) is 9.21. The van der Waals surface area contributed by atoms with Crippen molar-refractivity contribution in [3.63, 3.8) is 0 Å². The Balaban J connectivity index is 1.57. The van der Waals surface area contributed by atoms with Gasteiger partial charge in [0, 0.05) is 23.5 Å². The number of ether oxygens (including phenoxy) is 1. The average molecular weight is 402 g/mol. The van der Waals surface area contributed by atoms with E-state index < -0.39 is 11.0 Å². The molecule has 3 rings (SSSR count). The number of non-ortho nitro benzene ring substituents is 1. The summed E-state index contributed by atoms with van der Waals surface area (Å²) in [5, 5.41) is 25.4. The minimum absolute atomic E-state index is 0.0914. The molecule has 0 radical (unpaired) electrons. The SMILES string of the molecule is CC(Nc1ccc(Oc2ccc(C#N)cc2)cc1)C(=O)Nc1cccc([N+](=O)[O-])c1. The Labute approximate surface area is 172 Å². The Morgan fingerprint density at radius 3 is 2.27 bits per heavy atom. The number of carbonyl (C=O) groups excluding carboxylic acids is 1. The summed E-state index contributed by atoms with van der Waals surface area (Å²) >= 11 is 0. The summed E-state index contributed by atoms with van der Waals surface area (Å²) in [6.07, 6.45) is 0. The minimum atomic E-state index is -0.574. The van der Waals surface area contributed by atoms with Crippen LogP contribution in [0.1, 0.15) is 12.5 Å². The van der Waals surface area contributed by atoms with Gasteiger partial charge in [0.05, 0.1) is 16.6 Å². The standard InChI is InChI=1S/C22H18N4O4/c1-15(22(27)25-18-3-2-4-19(13-18)26(28)29)24-17-7-11-21(12-8-17)30-20-9-5-16(14-23)6-10-20/h2-13,15,24H,1H3,(H,25,27). The van der Waals surface area contributed by atoms with Crippen LogP contribution in [0, 0.1) is 21.4 Å². The number of hydrogen-bond donors (Lipinski definition) is 2. The molecule has 0 spiro atoms. The van der Waals surface area contributed by atoms with Gasteiger partial charge in [0.15, 0.2) is 0 Å². The molecular weight excluding hydrogens is 384 g/mol. The smallest absolute Gasteiger partial charge is 0.271 e. The molecule has 30 heavy (non-hydrogen) atoms. The molecule has 1 amide bonds. The molecule has 8 nitrogen and oxygen atoms in total. The zero-order valence-corrected chi connectivity index (χ0v) is 16.0. The highest BCUT2D eigenvalue weighted by atomic mass is 16.6. The van der Waals surface area contributed by atoms with Gasteiger partial charge in [-0.05, 0) is 61.5 Å². The minimum Gasteiger partial charge on any atom is -0.457 e. The summed E-state index contributed by atoms with van der Waals surface area (Å²) < 4.78 is 5.72. The fourth-order valence-electron chi connectivity index (χ4n) is 2.62. The van der Waals surface area contributed by atoms with Crippen molar-refractivity contribution < 1.29 is 14.5 Å². The van der Waals surface area contributed by atoms with Crippen LogP contribution < -0.4 is 15.4 Å². The highest BCUT2D eigenvalue weighted by molar-refractivity contribution is 5.96. The number of amides is 1. The van der Waals surface area contributed by atoms with Gasteiger partial charge in [-0.25, -0.2) is 0 Å². The molecule has 2 N–H and O–H groups in total. The van der Waals surface area contributed by atoms with E-state index in [9.17, 15) is 14.9 Å². The molecule has 0 bridgehead atoms. The van der Waals surface area contributed by atoms with Crippen molar-refractivity contribution in [2.24, 2.45) is 0 Å². The first-order valence-electron chi connectivity index (χ1n) is 9.04. The fourth-order valence-corrected chi connectivity index (χ4v) is 2.62. The van der Waals surface area contributed by atoms with E-state index in [1.807, 2.05) is 6.07 Å². The summed E-state index contributed by atoms with van der Waals surface area (Å²) in [4.78, 5) is 22.7. The Bertz CT molecular complexity index is 1090. The Morgan fingerprint density at radius 1 is 1.03 bits per heavy atom. The van der Waals surface area contributed by atoms with Crippen molar-refractivity contribution in [2.45, 2.75) is 13.0 Å². The number of hydrogen-bond acceptors (Lipinski definition) is 6. The van der Waals surface area contributed by atoms with E-state index in [0.29, 0.717) is 28.4 Å². The number of benzene rings is 3. The van der Waals surface area contributed by atoms with E-state index in [1.165, 1.54) is 18.2 Å². The predicted molar refractivity (Wildman–Crippen MR) is 112 cm³/mol. The number of nitrogens with zero attached hydrogens (tertiary/aromatic N) is 2. The number of nitro groups is 1. The topological polar surface area (TPSA) is 117 Å². The molecule has 0 aliphatic heterocycles. The van der Waals surface area contributed by atoms with Crippen LogP contribution in [0.5, 0.6) is 11.5 Å². The fraction of sp³-hybridized carbons (Fsp3) is 0.0909. The van der Waals surface area contributed by atoms with Gasteiger partial charge in [0.25, 0.3) is 5.69 Å². The summed E-state index contributed by atoms with van der Waals surface area (Å²) in [5.41, 5.74) is 1.53. The van der Waals surface area contributed by atoms with Gasteiger partial charge >= 0.3 is 0 Å². The Hall–Kier alpha value is -4.38. The van der Waals surface area contributed by atoms with Crippen LogP contribution in [0.15, 0.2) is 72.8 Å². The van der Waals surface area contributed by atoms with Crippen LogP contribution >= 0.6 is 0 Å². The van der Waals surface area contributed by atoms with Crippen molar-refractivity contribution >= 4 is 23.0 Å². The van der Waals surface area contributed by atoms with Gasteiger partial charge in [-0.2, -0.15) is 5.26 Å². The van der Waals surface area contributed by atoms with E-state index in [1.54, 1.807) is 61.5 Å². The van der Waals surface area contributed by atoms with Crippen LogP contribution in [-0.4, -0.2) is 16.9 Å². The quantitative estimate of drug-likeness (QED) is 0.437. The van der Waals surface area contributed by atoms with Crippen LogP contribution in [0.2, 0.25) is 0 Å². The largest absolute Gasteiger partial charge is 0.457 e. The summed E-state index contributed by atoms with van der Waals surface area (Å²) in [6.45, 7) is 1.69.